The van der Waals surface area contributed by atoms with Gasteiger partial charge in [-0.15, -0.1) is 10.2 Å². The molecule has 4 aromatic rings. The fourth-order valence-corrected chi connectivity index (χ4v) is 3.43. The lowest BCUT2D eigenvalue weighted by Gasteiger charge is -2.19. The van der Waals surface area contributed by atoms with Crippen molar-refractivity contribution in [2.24, 2.45) is 5.92 Å². The van der Waals surface area contributed by atoms with Crippen molar-refractivity contribution in [1.29, 1.82) is 0 Å². The van der Waals surface area contributed by atoms with Gasteiger partial charge in [-0.25, -0.2) is 0 Å². The van der Waals surface area contributed by atoms with Crippen LogP contribution in [0.3, 0.4) is 0 Å². The molecule has 0 bridgehead atoms. The van der Waals surface area contributed by atoms with Gasteiger partial charge in [0.05, 0.1) is 11.6 Å². The Balaban J connectivity index is 1.74. The van der Waals surface area contributed by atoms with Crippen LogP contribution >= 0.6 is 0 Å². The van der Waals surface area contributed by atoms with Crippen LogP contribution in [-0.4, -0.2) is 25.5 Å². The van der Waals surface area contributed by atoms with Gasteiger partial charge in [-0.2, -0.15) is 0 Å². The predicted molar refractivity (Wildman–Crippen MR) is 107 cm³/mol. The molecule has 28 heavy (non-hydrogen) atoms. The minimum absolute atomic E-state index is 0.305. The maximum Gasteiger partial charge on any atom is 0.252 e. The molecule has 7 heteroatoms. The first-order valence-corrected chi connectivity index (χ1v) is 9.25. The molecule has 0 saturated heterocycles. The molecule has 7 nitrogen and oxygen atoms in total. The summed E-state index contributed by atoms with van der Waals surface area (Å²) in [6.07, 6.45) is 2.58. The van der Waals surface area contributed by atoms with Crippen LogP contribution in [-0.2, 0) is 0 Å². The molecule has 3 heterocycles. The molecule has 1 amide bonds. The number of hydrogen-bond acceptors (Lipinski definition) is 4. The molecule has 1 unspecified atom stereocenters. The Labute approximate surface area is 161 Å². The van der Waals surface area contributed by atoms with Gasteiger partial charge in [0.1, 0.15) is 0 Å². The van der Waals surface area contributed by atoms with Crippen LogP contribution in [0.5, 0.6) is 0 Å². The standard InChI is InChI=1S/C21H21N5O2/c1-13(2)11-17(20-25-24-18-9-5-6-10-26(18)20)23-21(28)15-12-19(27)22-16-8-4-3-7-14(15)16/h3-10,12-13,17H,11H2,1-2H3,(H,22,27)(H,23,28). The molecule has 0 spiro atoms. The molecule has 1 atom stereocenters. The zero-order valence-electron chi connectivity index (χ0n) is 15.7. The highest BCUT2D eigenvalue weighted by atomic mass is 16.2. The summed E-state index contributed by atoms with van der Waals surface area (Å²) < 4.78 is 1.88. The number of fused-ring (bicyclic) bond motifs is 2. The molecule has 3 aromatic heterocycles. The number of rotatable bonds is 5. The third-order valence-corrected chi connectivity index (χ3v) is 4.66. The van der Waals surface area contributed by atoms with Gasteiger partial charge in [-0.05, 0) is 30.5 Å². The number of pyridine rings is 2. The number of carbonyl (C=O) groups is 1. The summed E-state index contributed by atoms with van der Waals surface area (Å²) in [4.78, 5) is 27.9. The van der Waals surface area contributed by atoms with E-state index in [9.17, 15) is 9.59 Å². The third-order valence-electron chi connectivity index (χ3n) is 4.66. The van der Waals surface area contributed by atoms with Gasteiger partial charge in [-0.3, -0.25) is 14.0 Å². The molecular formula is C21H21N5O2. The number of amides is 1. The number of carbonyl (C=O) groups excluding carboxylic acids is 1. The Hall–Kier alpha value is -3.48. The molecule has 4 rings (SSSR count). The summed E-state index contributed by atoms with van der Waals surface area (Å²) in [6.45, 7) is 4.18. The molecule has 2 N–H and O–H groups in total. The van der Waals surface area contributed by atoms with Crippen molar-refractivity contribution < 1.29 is 4.79 Å². The highest BCUT2D eigenvalue weighted by molar-refractivity contribution is 6.06. The molecule has 142 valence electrons. The first-order chi connectivity index (χ1) is 13.5. The lowest BCUT2D eigenvalue weighted by molar-refractivity contribution is 0.0931. The Morgan fingerprint density at radius 1 is 1.14 bits per heavy atom. The Bertz CT molecular complexity index is 1210. The summed E-state index contributed by atoms with van der Waals surface area (Å²) in [5, 5.41) is 12.3. The lowest BCUT2D eigenvalue weighted by Crippen LogP contribution is -2.31. The van der Waals surface area contributed by atoms with Crippen LogP contribution in [0.15, 0.2) is 59.5 Å². The summed E-state index contributed by atoms with van der Waals surface area (Å²) in [5.74, 6) is 0.699. The van der Waals surface area contributed by atoms with Gasteiger partial charge >= 0.3 is 0 Å². The number of hydrogen-bond donors (Lipinski definition) is 2. The average molecular weight is 375 g/mol. The van der Waals surface area contributed by atoms with E-state index in [2.05, 4.69) is 34.3 Å². The van der Waals surface area contributed by atoms with Gasteiger partial charge in [-0.1, -0.05) is 38.1 Å². The SMILES string of the molecule is CC(C)CC(NC(=O)c1cc(=O)[nH]c2ccccc12)c1nnc2ccccn12. The van der Waals surface area contributed by atoms with Gasteiger partial charge in [0.15, 0.2) is 11.5 Å². The van der Waals surface area contributed by atoms with E-state index in [0.29, 0.717) is 34.6 Å². The van der Waals surface area contributed by atoms with Crippen molar-refractivity contribution >= 4 is 22.5 Å². The maximum atomic E-state index is 13.1. The van der Waals surface area contributed by atoms with Crippen molar-refractivity contribution in [2.45, 2.75) is 26.3 Å². The molecule has 0 fully saturated rings. The smallest absolute Gasteiger partial charge is 0.252 e. The summed E-state index contributed by atoms with van der Waals surface area (Å²) in [6, 6.07) is 13.9. The molecule has 0 aliphatic rings. The topological polar surface area (TPSA) is 92.1 Å². The fraction of sp³-hybridized carbons (Fsp3) is 0.238. The fourth-order valence-electron chi connectivity index (χ4n) is 3.43. The van der Waals surface area contributed by atoms with Gasteiger partial charge in [0.25, 0.3) is 5.91 Å². The lowest BCUT2D eigenvalue weighted by atomic mass is 10.0. The third kappa shape index (κ3) is 3.38. The largest absolute Gasteiger partial charge is 0.342 e. The Morgan fingerprint density at radius 3 is 2.75 bits per heavy atom. The van der Waals surface area contributed by atoms with E-state index < -0.39 is 0 Å². The number of benzene rings is 1. The Kier molecular flexibility index (Phi) is 4.65. The van der Waals surface area contributed by atoms with Crippen molar-refractivity contribution in [3.8, 4) is 0 Å². The number of para-hydroxylation sites is 1. The first-order valence-electron chi connectivity index (χ1n) is 9.25. The van der Waals surface area contributed by atoms with Crippen molar-refractivity contribution in [3.05, 3.63) is 76.5 Å². The van der Waals surface area contributed by atoms with Crippen LogP contribution in [0.1, 0.15) is 42.5 Å². The van der Waals surface area contributed by atoms with Crippen molar-refractivity contribution in [2.75, 3.05) is 0 Å². The van der Waals surface area contributed by atoms with Crippen LogP contribution in [0, 0.1) is 5.92 Å². The van der Waals surface area contributed by atoms with Crippen LogP contribution in [0.25, 0.3) is 16.6 Å². The summed E-state index contributed by atoms with van der Waals surface area (Å²) >= 11 is 0. The van der Waals surface area contributed by atoms with Crippen LogP contribution in [0.2, 0.25) is 0 Å². The number of nitrogens with one attached hydrogen (secondary N) is 2. The van der Waals surface area contributed by atoms with Crippen LogP contribution in [0.4, 0.5) is 0 Å². The van der Waals surface area contributed by atoms with Gasteiger partial charge in [0.2, 0.25) is 5.56 Å². The summed E-state index contributed by atoms with van der Waals surface area (Å²) in [5.41, 5.74) is 1.40. The first kappa shape index (κ1) is 17.9. The van der Waals surface area contributed by atoms with E-state index in [4.69, 9.17) is 0 Å². The molecule has 0 radical (unpaired) electrons. The highest BCUT2D eigenvalue weighted by Crippen LogP contribution is 2.22. The number of aromatic amines is 1. The van der Waals surface area contributed by atoms with E-state index in [0.717, 1.165) is 5.65 Å². The number of aromatic nitrogens is 4. The minimum atomic E-state index is -0.331. The van der Waals surface area contributed by atoms with E-state index in [1.54, 1.807) is 6.07 Å². The Morgan fingerprint density at radius 2 is 1.93 bits per heavy atom. The zero-order valence-corrected chi connectivity index (χ0v) is 15.7. The second-order valence-corrected chi connectivity index (χ2v) is 7.24. The normalized spacial score (nSPS) is 12.5. The molecule has 0 aliphatic heterocycles. The molecule has 1 aromatic carbocycles. The van der Waals surface area contributed by atoms with Gasteiger partial charge in [0, 0.05) is 23.2 Å². The molecule has 0 saturated carbocycles. The van der Waals surface area contributed by atoms with E-state index in [1.165, 1.54) is 6.07 Å². The molecule has 0 aliphatic carbocycles. The zero-order chi connectivity index (χ0) is 19.7. The summed E-state index contributed by atoms with van der Waals surface area (Å²) in [7, 11) is 0. The monoisotopic (exact) mass is 375 g/mol. The quantitative estimate of drug-likeness (QED) is 0.561. The molecular weight excluding hydrogens is 354 g/mol. The van der Waals surface area contributed by atoms with E-state index in [1.807, 2.05) is 47.0 Å². The van der Waals surface area contributed by atoms with Crippen LogP contribution < -0.4 is 10.9 Å². The van der Waals surface area contributed by atoms with Crippen molar-refractivity contribution in [1.82, 2.24) is 24.9 Å². The predicted octanol–water partition coefficient (Wildman–Crippen LogP) is 3.09. The van der Waals surface area contributed by atoms with E-state index in [-0.39, 0.29) is 17.5 Å². The highest BCUT2D eigenvalue weighted by Gasteiger charge is 2.23. The maximum absolute atomic E-state index is 13.1. The second-order valence-electron chi connectivity index (χ2n) is 7.24. The number of H-pyrrole nitrogens is 1. The average Bonchev–Trinajstić information content (AvgIpc) is 3.10. The van der Waals surface area contributed by atoms with Gasteiger partial charge < -0.3 is 10.3 Å². The van der Waals surface area contributed by atoms with Crippen molar-refractivity contribution in [3.63, 3.8) is 0 Å². The number of nitrogens with zero attached hydrogens (tertiary/aromatic N) is 3. The second kappa shape index (κ2) is 7.26. The van der Waals surface area contributed by atoms with E-state index >= 15 is 0 Å². The minimum Gasteiger partial charge on any atom is -0.342 e.